The Bertz CT molecular complexity index is 617. The van der Waals surface area contributed by atoms with Crippen LogP contribution in [-0.4, -0.2) is 11.6 Å². The molecule has 4 rings (SSSR count). The van der Waals surface area contributed by atoms with Crippen molar-refractivity contribution < 1.29 is 9.59 Å². The predicted octanol–water partition coefficient (Wildman–Crippen LogP) is 3.68. The molecule has 104 valence electrons. The standard InChI is InChI=1S/C18H20O2/c1-18-9-8-14-13-5-3-12(19)10-11(13)2-4-15(14)16(18)6-7-17(18)20/h6,10,15H,2-5,7-9H2,1H3/t15-,18+/m1/s1. The van der Waals surface area contributed by atoms with E-state index in [0.717, 1.165) is 32.1 Å². The number of hydrogen-bond donors (Lipinski definition) is 0. The summed E-state index contributed by atoms with van der Waals surface area (Å²) < 4.78 is 0. The van der Waals surface area contributed by atoms with Crippen LogP contribution in [0.4, 0.5) is 0 Å². The second-order valence-electron chi connectivity index (χ2n) is 6.85. The molecule has 4 aliphatic carbocycles. The minimum absolute atomic E-state index is 0.180. The molecule has 0 N–H and O–H groups in total. The number of Topliss-reactive ketones (excluding diaryl/α,β-unsaturated/α-hetero) is 1. The lowest BCUT2D eigenvalue weighted by atomic mass is 9.60. The Morgan fingerprint density at radius 2 is 2.00 bits per heavy atom. The van der Waals surface area contributed by atoms with Crippen molar-refractivity contribution >= 4 is 11.6 Å². The number of fused-ring (bicyclic) bond motifs is 4. The number of ketones is 2. The Morgan fingerprint density at radius 3 is 2.85 bits per heavy atom. The van der Waals surface area contributed by atoms with Crippen molar-refractivity contribution in [2.45, 2.75) is 51.9 Å². The highest BCUT2D eigenvalue weighted by Gasteiger charge is 2.48. The quantitative estimate of drug-likeness (QED) is 0.628. The molecule has 0 spiro atoms. The highest BCUT2D eigenvalue weighted by Crippen LogP contribution is 2.56. The maximum absolute atomic E-state index is 12.2. The third-order valence-electron chi connectivity index (χ3n) is 5.88. The van der Waals surface area contributed by atoms with Gasteiger partial charge in [-0.25, -0.2) is 0 Å². The van der Waals surface area contributed by atoms with Gasteiger partial charge in [-0.2, -0.15) is 0 Å². The lowest BCUT2D eigenvalue weighted by Crippen LogP contribution is -2.35. The van der Waals surface area contributed by atoms with Gasteiger partial charge in [0.05, 0.1) is 0 Å². The van der Waals surface area contributed by atoms with E-state index in [0.29, 0.717) is 30.3 Å². The molecule has 1 fully saturated rings. The molecule has 2 heteroatoms. The minimum atomic E-state index is -0.180. The van der Waals surface area contributed by atoms with Crippen molar-refractivity contribution in [1.29, 1.82) is 0 Å². The Balaban J connectivity index is 1.80. The first-order valence-electron chi connectivity index (χ1n) is 7.79. The van der Waals surface area contributed by atoms with Crippen LogP contribution in [0.15, 0.2) is 34.4 Å². The number of allylic oxidation sites excluding steroid dienone is 6. The number of hydrogen-bond acceptors (Lipinski definition) is 2. The van der Waals surface area contributed by atoms with Crippen LogP contribution in [0.5, 0.6) is 0 Å². The van der Waals surface area contributed by atoms with Crippen molar-refractivity contribution in [2.75, 3.05) is 0 Å². The fraction of sp³-hybridized carbons (Fsp3) is 0.556. The van der Waals surface area contributed by atoms with Gasteiger partial charge in [0.2, 0.25) is 0 Å². The van der Waals surface area contributed by atoms with Gasteiger partial charge in [-0.15, -0.1) is 0 Å². The van der Waals surface area contributed by atoms with Gasteiger partial charge in [-0.3, -0.25) is 9.59 Å². The van der Waals surface area contributed by atoms with E-state index in [-0.39, 0.29) is 5.41 Å². The largest absolute Gasteiger partial charge is 0.298 e. The average Bonchev–Trinajstić information content (AvgIpc) is 2.74. The topological polar surface area (TPSA) is 34.1 Å². The van der Waals surface area contributed by atoms with Gasteiger partial charge in [0.25, 0.3) is 0 Å². The van der Waals surface area contributed by atoms with Crippen LogP contribution < -0.4 is 0 Å². The Morgan fingerprint density at radius 1 is 1.15 bits per heavy atom. The Kier molecular flexibility index (Phi) is 2.48. The van der Waals surface area contributed by atoms with E-state index in [9.17, 15) is 9.59 Å². The summed E-state index contributed by atoms with van der Waals surface area (Å²) in [4.78, 5) is 23.8. The van der Waals surface area contributed by atoms with E-state index in [1.165, 1.54) is 16.7 Å². The fourth-order valence-corrected chi connectivity index (χ4v) is 4.71. The summed E-state index contributed by atoms with van der Waals surface area (Å²) in [6.45, 7) is 2.14. The first kappa shape index (κ1) is 12.3. The number of rotatable bonds is 0. The van der Waals surface area contributed by atoms with Gasteiger partial charge in [0, 0.05) is 24.2 Å². The molecular weight excluding hydrogens is 248 g/mol. The third-order valence-corrected chi connectivity index (χ3v) is 5.88. The summed E-state index contributed by atoms with van der Waals surface area (Å²) in [5.41, 5.74) is 5.52. The van der Waals surface area contributed by atoms with Gasteiger partial charge in [-0.1, -0.05) is 17.2 Å². The summed E-state index contributed by atoms with van der Waals surface area (Å²) >= 11 is 0. The SMILES string of the molecule is C[C@]12CCC3=C4CCC(=O)C=C4CC[C@H]3C1=CCC2=O. The first-order chi connectivity index (χ1) is 9.59. The van der Waals surface area contributed by atoms with Crippen LogP contribution in [0.3, 0.4) is 0 Å². The molecular formula is C18H20O2. The molecule has 0 aliphatic heterocycles. The normalized spacial score (nSPS) is 36.1. The third kappa shape index (κ3) is 1.51. The van der Waals surface area contributed by atoms with Crippen LogP contribution >= 0.6 is 0 Å². The second kappa shape index (κ2) is 4.03. The van der Waals surface area contributed by atoms with Gasteiger partial charge in [-0.05, 0) is 56.3 Å². The van der Waals surface area contributed by atoms with Crippen LogP contribution in [0.1, 0.15) is 51.9 Å². The predicted molar refractivity (Wildman–Crippen MR) is 77.1 cm³/mol. The zero-order valence-corrected chi connectivity index (χ0v) is 12.0. The molecule has 0 bridgehead atoms. The molecule has 0 heterocycles. The zero-order chi connectivity index (χ0) is 13.9. The summed E-state index contributed by atoms with van der Waals surface area (Å²) in [5.74, 6) is 1.19. The van der Waals surface area contributed by atoms with E-state index in [1.807, 2.05) is 6.08 Å². The van der Waals surface area contributed by atoms with Gasteiger partial charge in [0.1, 0.15) is 5.78 Å². The van der Waals surface area contributed by atoms with Gasteiger partial charge < -0.3 is 0 Å². The first-order valence-corrected chi connectivity index (χ1v) is 7.79. The minimum Gasteiger partial charge on any atom is -0.298 e. The second-order valence-corrected chi connectivity index (χ2v) is 6.85. The highest BCUT2D eigenvalue weighted by molar-refractivity contribution is 5.94. The molecule has 0 unspecified atom stereocenters. The van der Waals surface area contributed by atoms with E-state index in [1.54, 1.807) is 5.57 Å². The van der Waals surface area contributed by atoms with E-state index >= 15 is 0 Å². The summed E-state index contributed by atoms with van der Waals surface area (Å²) in [5, 5.41) is 0. The van der Waals surface area contributed by atoms with E-state index < -0.39 is 0 Å². The molecule has 1 saturated carbocycles. The van der Waals surface area contributed by atoms with Gasteiger partial charge >= 0.3 is 0 Å². The Hall–Kier alpha value is -1.44. The van der Waals surface area contributed by atoms with Crippen LogP contribution in [0, 0.1) is 11.3 Å². The average molecular weight is 268 g/mol. The van der Waals surface area contributed by atoms with Crippen molar-refractivity contribution in [3.8, 4) is 0 Å². The molecule has 4 aliphatic rings. The Labute approximate surface area is 119 Å². The van der Waals surface area contributed by atoms with E-state index in [4.69, 9.17) is 0 Å². The van der Waals surface area contributed by atoms with Crippen molar-refractivity contribution in [3.05, 3.63) is 34.4 Å². The molecule has 20 heavy (non-hydrogen) atoms. The summed E-state index contributed by atoms with van der Waals surface area (Å²) in [7, 11) is 0. The van der Waals surface area contributed by atoms with E-state index in [2.05, 4.69) is 13.0 Å². The fourth-order valence-electron chi connectivity index (χ4n) is 4.71. The highest BCUT2D eigenvalue weighted by atomic mass is 16.1. The molecule has 0 aromatic carbocycles. The lowest BCUT2D eigenvalue weighted by Gasteiger charge is -2.43. The molecule has 2 atom stereocenters. The van der Waals surface area contributed by atoms with Crippen LogP contribution in [0.2, 0.25) is 0 Å². The molecule has 0 radical (unpaired) electrons. The maximum Gasteiger partial charge on any atom is 0.156 e. The lowest BCUT2D eigenvalue weighted by molar-refractivity contribution is -0.125. The number of carbonyl (C=O) groups excluding carboxylic acids is 2. The zero-order valence-electron chi connectivity index (χ0n) is 12.0. The summed E-state index contributed by atoms with van der Waals surface area (Å²) in [6.07, 6.45) is 10.4. The van der Waals surface area contributed by atoms with Crippen LogP contribution in [0.25, 0.3) is 0 Å². The molecule has 0 aromatic heterocycles. The van der Waals surface area contributed by atoms with Crippen molar-refractivity contribution in [1.82, 2.24) is 0 Å². The maximum atomic E-state index is 12.2. The smallest absolute Gasteiger partial charge is 0.156 e. The molecule has 0 aromatic rings. The molecule has 0 amide bonds. The summed E-state index contributed by atoms with van der Waals surface area (Å²) in [6, 6.07) is 0. The van der Waals surface area contributed by atoms with Crippen LogP contribution in [-0.2, 0) is 9.59 Å². The van der Waals surface area contributed by atoms with Crippen molar-refractivity contribution in [3.63, 3.8) is 0 Å². The monoisotopic (exact) mass is 268 g/mol. The molecule has 2 nitrogen and oxygen atoms in total. The van der Waals surface area contributed by atoms with Gasteiger partial charge in [0.15, 0.2) is 5.78 Å². The number of carbonyl (C=O) groups is 2. The van der Waals surface area contributed by atoms with Crippen molar-refractivity contribution in [2.24, 2.45) is 11.3 Å². The molecule has 0 saturated heterocycles.